The molecule has 0 aliphatic carbocycles. The fraction of sp³-hybridized carbons (Fsp3) is 0.800. The Morgan fingerprint density at radius 2 is 1.50 bits per heavy atom. The Morgan fingerprint density at radius 1 is 1.00 bits per heavy atom. The summed E-state index contributed by atoms with van der Waals surface area (Å²) in [6.45, 7) is 6.87. The number of carbonyl (C=O) groups is 2. The Morgan fingerprint density at radius 3 is 1.94 bits per heavy atom. The zero-order valence-electron chi connectivity index (χ0n) is 10.1. The molecule has 0 aromatic heterocycles. The fourth-order valence-electron chi connectivity index (χ4n) is 1.26. The predicted molar refractivity (Wildman–Crippen MR) is 62.9 cm³/mol. The second-order valence-corrected chi connectivity index (χ2v) is 3.48. The lowest BCUT2D eigenvalue weighted by Gasteiger charge is -2.17. The zero-order chi connectivity index (χ0) is 12.4. The molecule has 0 saturated carbocycles. The largest absolute Gasteiger partial charge is 0.329 e. The van der Waals surface area contributed by atoms with Gasteiger partial charge >= 0.3 is 0 Å². The molecule has 6 nitrogen and oxygen atoms in total. The van der Waals surface area contributed by atoms with Gasteiger partial charge in [-0.3, -0.25) is 14.5 Å². The maximum Gasteiger partial charge on any atom is 0.226 e. The summed E-state index contributed by atoms with van der Waals surface area (Å²) in [4.78, 5) is 23.3. The number of rotatable bonds is 8. The highest BCUT2D eigenvalue weighted by Crippen LogP contribution is 1.88. The summed E-state index contributed by atoms with van der Waals surface area (Å²) in [6, 6.07) is 0. The smallest absolute Gasteiger partial charge is 0.226 e. The van der Waals surface area contributed by atoms with E-state index in [4.69, 9.17) is 5.73 Å². The molecule has 2 amide bonds. The Bertz CT molecular complexity index is 207. The SMILES string of the molecule is CC(=O)N(CCNCCNCCN)C(C)=O. The first-order chi connectivity index (χ1) is 7.59. The maximum atomic E-state index is 11.0. The van der Waals surface area contributed by atoms with Crippen LogP contribution in [0.4, 0.5) is 0 Å². The quantitative estimate of drug-likeness (QED) is 0.443. The Labute approximate surface area is 96.5 Å². The van der Waals surface area contributed by atoms with E-state index in [-0.39, 0.29) is 11.8 Å². The van der Waals surface area contributed by atoms with Crippen LogP contribution >= 0.6 is 0 Å². The molecule has 0 heterocycles. The van der Waals surface area contributed by atoms with Crippen molar-refractivity contribution in [2.45, 2.75) is 13.8 Å². The molecule has 0 spiro atoms. The Hall–Kier alpha value is -0.980. The number of nitrogens with one attached hydrogen (secondary N) is 2. The molecule has 0 aliphatic heterocycles. The van der Waals surface area contributed by atoms with E-state index < -0.39 is 0 Å². The summed E-state index contributed by atoms with van der Waals surface area (Å²) in [5, 5.41) is 6.27. The van der Waals surface area contributed by atoms with Crippen molar-refractivity contribution in [3.63, 3.8) is 0 Å². The van der Waals surface area contributed by atoms with Gasteiger partial charge < -0.3 is 16.4 Å². The molecular weight excluding hydrogens is 208 g/mol. The molecule has 0 aromatic rings. The molecule has 0 radical (unpaired) electrons. The number of carbonyl (C=O) groups excluding carboxylic acids is 2. The van der Waals surface area contributed by atoms with E-state index in [0.29, 0.717) is 19.6 Å². The van der Waals surface area contributed by atoms with E-state index >= 15 is 0 Å². The topological polar surface area (TPSA) is 87.5 Å². The highest BCUT2D eigenvalue weighted by molar-refractivity contribution is 5.92. The van der Waals surface area contributed by atoms with Gasteiger partial charge in [0.25, 0.3) is 0 Å². The van der Waals surface area contributed by atoms with Gasteiger partial charge in [-0.15, -0.1) is 0 Å². The van der Waals surface area contributed by atoms with Crippen LogP contribution in [0.15, 0.2) is 0 Å². The van der Waals surface area contributed by atoms with Gasteiger partial charge in [0, 0.05) is 53.1 Å². The van der Waals surface area contributed by atoms with Crippen molar-refractivity contribution in [3.8, 4) is 0 Å². The van der Waals surface area contributed by atoms with Crippen LogP contribution in [0, 0.1) is 0 Å². The molecule has 0 bridgehead atoms. The van der Waals surface area contributed by atoms with Crippen LogP contribution in [0.3, 0.4) is 0 Å². The van der Waals surface area contributed by atoms with Crippen molar-refractivity contribution in [2.75, 3.05) is 39.3 Å². The molecular formula is C10H22N4O2. The van der Waals surface area contributed by atoms with Gasteiger partial charge in [-0.2, -0.15) is 0 Å². The maximum absolute atomic E-state index is 11.0. The van der Waals surface area contributed by atoms with Crippen LogP contribution in [0.25, 0.3) is 0 Å². The van der Waals surface area contributed by atoms with Gasteiger partial charge in [0.15, 0.2) is 0 Å². The van der Waals surface area contributed by atoms with Gasteiger partial charge in [-0.05, 0) is 0 Å². The van der Waals surface area contributed by atoms with Gasteiger partial charge in [-0.1, -0.05) is 0 Å². The van der Waals surface area contributed by atoms with Crippen molar-refractivity contribution < 1.29 is 9.59 Å². The molecule has 0 saturated heterocycles. The molecule has 94 valence electrons. The molecule has 0 atom stereocenters. The average Bonchev–Trinajstić information content (AvgIpc) is 2.21. The first-order valence-electron chi connectivity index (χ1n) is 5.49. The molecule has 16 heavy (non-hydrogen) atoms. The predicted octanol–water partition coefficient (Wildman–Crippen LogP) is -1.48. The lowest BCUT2D eigenvalue weighted by molar-refractivity contribution is -0.141. The molecule has 0 unspecified atom stereocenters. The molecule has 4 N–H and O–H groups in total. The van der Waals surface area contributed by atoms with Crippen LogP contribution in [0.5, 0.6) is 0 Å². The van der Waals surface area contributed by atoms with Crippen LogP contribution in [0.2, 0.25) is 0 Å². The second kappa shape index (κ2) is 9.26. The molecule has 0 rings (SSSR count). The van der Waals surface area contributed by atoms with Crippen molar-refractivity contribution >= 4 is 11.8 Å². The lowest BCUT2D eigenvalue weighted by atomic mass is 10.4. The van der Waals surface area contributed by atoms with Gasteiger partial charge in [-0.25, -0.2) is 0 Å². The summed E-state index contributed by atoms with van der Waals surface area (Å²) in [5.41, 5.74) is 5.31. The van der Waals surface area contributed by atoms with E-state index in [1.807, 2.05) is 0 Å². The lowest BCUT2D eigenvalue weighted by Crippen LogP contribution is -2.40. The van der Waals surface area contributed by atoms with Crippen LogP contribution in [-0.2, 0) is 9.59 Å². The summed E-state index contributed by atoms with van der Waals surface area (Å²) in [6.07, 6.45) is 0. The summed E-state index contributed by atoms with van der Waals surface area (Å²) >= 11 is 0. The Balaban J connectivity index is 3.48. The third-order valence-corrected chi connectivity index (χ3v) is 2.07. The zero-order valence-corrected chi connectivity index (χ0v) is 10.1. The van der Waals surface area contributed by atoms with E-state index in [1.165, 1.54) is 18.7 Å². The van der Waals surface area contributed by atoms with E-state index in [2.05, 4.69) is 10.6 Å². The van der Waals surface area contributed by atoms with Crippen molar-refractivity contribution in [1.82, 2.24) is 15.5 Å². The standard InChI is InChI=1S/C10H22N4O2/c1-9(15)14(10(2)16)8-7-13-6-5-12-4-3-11/h12-13H,3-8,11H2,1-2H3. The minimum atomic E-state index is -0.212. The van der Waals surface area contributed by atoms with Gasteiger partial charge in [0.05, 0.1) is 0 Å². The van der Waals surface area contributed by atoms with Crippen LogP contribution < -0.4 is 16.4 Å². The first kappa shape index (κ1) is 15.0. The van der Waals surface area contributed by atoms with Crippen LogP contribution in [0.1, 0.15) is 13.8 Å². The normalized spacial score (nSPS) is 10.2. The van der Waals surface area contributed by atoms with Gasteiger partial charge in [0.1, 0.15) is 0 Å². The van der Waals surface area contributed by atoms with E-state index in [9.17, 15) is 9.59 Å². The molecule has 0 aliphatic rings. The number of nitrogens with zero attached hydrogens (tertiary/aromatic N) is 1. The number of amides is 2. The number of nitrogens with two attached hydrogens (primary N) is 1. The van der Waals surface area contributed by atoms with Gasteiger partial charge in [0.2, 0.25) is 11.8 Å². The van der Waals surface area contributed by atoms with Crippen molar-refractivity contribution in [1.29, 1.82) is 0 Å². The number of imide groups is 1. The molecule has 0 aromatic carbocycles. The summed E-state index contributed by atoms with van der Waals surface area (Å²) in [5.74, 6) is -0.425. The molecule has 0 fully saturated rings. The Kier molecular flexibility index (Phi) is 8.69. The van der Waals surface area contributed by atoms with Crippen molar-refractivity contribution in [2.24, 2.45) is 5.73 Å². The van der Waals surface area contributed by atoms with Crippen molar-refractivity contribution in [3.05, 3.63) is 0 Å². The summed E-state index contributed by atoms with van der Waals surface area (Å²) < 4.78 is 0. The minimum absolute atomic E-state index is 0.212. The first-order valence-corrected chi connectivity index (χ1v) is 5.49. The monoisotopic (exact) mass is 230 g/mol. The fourth-order valence-corrected chi connectivity index (χ4v) is 1.26. The third-order valence-electron chi connectivity index (χ3n) is 2.07. The highest BCUT2D eigenvalue weighted by Gasteiger charge is 2.11. The average molecular weight is 230 g/mol. The van der Waals surface area contributed by atoms with E-state index in [1.54, 1.807) is 0 Å². The van der Waals surface area contributed by atoms with E-state index in [0.717, 1.165) is 19.6 Å². The molecule has 6 heteroatoms. The minimum Gasteiger partial charge on any atom is -0.329 e. The third kappa shape index (κ3) is 7.33. The van der Waals surface area contributed by atoms with Crippen LogP contribution in [-0.4, -0.2) is 56.0 Å². The second-order valence-electron chi connectivity index (χ2n) is 3.48. The summed E-state index contributed by atoms with van der Waals surface area (Å²) in [7, 11) is 0. The number of hydrogen-bond donors (Lipinski definition) is 3. The highest BCUT2D eigenvalue weighted by atomic mass is 16.2. The number of hydrogen-bond acceptors (Lipinski definition) is 5.